The van der Waals surface area contributed by atoms with Crippen LogP contribution in [0.25, 0.3) is 0 Å². The molecule has 3 amide bonds. The number of amides is 3. The predicted octanol–water partition coefficient (Wildman–Crippen LogP) is -2.22. The lowest BCUT2D eigenvalue weighted by atomic mass is 10.1. The van der Waals surface area contributed by atoms with Crippen molar-refractivity contribution in [2.24, 2.45) is 17.2 Å². The SMILES string of the molecule is CC(NC(=O)C(CCCCN)NC(=O)C(N)CCC(N)=O)C(=O)O. The van der Waals surface area contributed by atoms with Gasteiger partial charge in [0, 0.05) is 6.42 Å². The minimum absolute atomic E-state index is 0.0470. The Balaban J connectivity index is 4.74. The molecule has 3 unspecified atom stereocenters. The van der Waals surface area contributed by atoms with Gasteiger partial charge in [0.25, 0.3) is 0 Å². The van der Waals surface area contributed by atoms with E-state index in [1.807, 2.05) is 0 Å². The number of unbranched alkanes of at least 4 members (excludes halogenated alkanes) is 1. The van der Waals surface area contributed by atoms with E-state index in [4.69, 9.17) is 22.3 Å². The minimum atomic E-state index is -1.19. The summed E-state index contributed by atoms with van der Waals surface area (Å²) in [4.78, 5) is 45.7. The molecule has 0 bridgehead atoms. The Morgan fingerprint density at radius 3 is 2.17 bits per heavy atom. The van der Waals surface area contributed by atoms with E-state index in [-0.39, 0.29) is 12.8 Å². The number of nitrogens with two attached hydrogens (primary N) is 3. The molecule has 138 valence electrons. The molecule has 0 aliphatic heterocycles. The van der Waals surface area contributed by atoms with Gasteiger partial charge >= 0.3 is 5.97 Å². The lowest BCUT2D eigenvalue weighted by molar-refractivity contribution is -0.141. The van der Waals surface area contributed by atoms with Crippen LogP contribution in [0.5, 0.6) is 0 Å². The minimum Gasteiger partial charge on any atom is -0.480 e. The molecule has 24 heavy (non-hydrogen) atoms. The van der Waals surface area contributed by atoms with Gasteiger partial charge in [-0.2, -0.15) is 0 Å². The Morgan fingerprint density at radius 1 is 1.04 bits per heavy atom. The maximum Gasteiger partial charge on any atom is 0.325 e. The summed E-state index contributed by atoms with van der Waals surface area (Å²) in [6, 6.07) is -3.00. The zero-order valence-electron chi connectivity index (χ0n) is 13.8. The molecule has 0 fully saturated rings. The molecular weight excluding hydrogens is 318 g/mol. The summed E-state index contributed by atoms with van der Waals surface area (Å²) >= 11 is 0. The van der Waals surface area contributed by atoms with Crippen molar-refractivity contribution in [3.63, 3.8) is 0 Å². The molecule has 0 rings (SSSR count). The predicted molar refractivity (Wildman–Crippen MR) is 86.5 cm³/mol. The Labute approximate surface area is 140 Å². The molecule has 0 aromatic heterocycles. The Morgan fingerprint density at radius 2 is 1.67 bits per heavy atom. The van der Waals surface area contributed by atoms with Gasteiger partial charge in [0.2, 0.25) is 17.7 Å². The van der Waals surface area contributed by atoms with Crippen molar-refractivity contribution in [3.8, 4) is 0 Å². The van der Waals surface area contributed by atoms with E-state index in [1.165, 1.54) is 6.92 Å². The first kappa shape index (κ1) is 21.8. The van der Waals surface area contributed by atoms with Crippen LogP contribution in [0.15, 0.2) is 0 Å². The van der Waals surface area contributed by atoms with Crippen molar-refractivity contribution in [2.75, 3.05) is 6.54 Å². The Hall–Kier alpha value is -2.20. The largest absolute Gasteiger partial charge is 0.480 e. The number of hydrogen-bond donors (Lipinski definition) is 6. The van der Waals surface area contributed by atoms with E-state index >= 15 is 0 Å². The number of primary amides is 1. The summed E-state index contributed by atoms with van der Waals surface area (Å²) in [6.45, 7) is 1.75. The number of aliphatic carboxylic acids is 1. The summed E-state index contributed by atoms with van der Waals surface area (Å²) in [5.41, 5.74) is 16.0. The molecule has 0 aromatic carbocycles. The van der Waals surface area contributed by atoms with Crippen LogP contribution in [-0.2, 0) is 19.2 Å². The van der Waals surface area contributed by atoms with Crippen LogP contribution >= 0.6 is 0 Å². The number of carbonyl (C=O) groups is 4. The maximum absolute atomic E-state index is 12.1. The molecule has 0 saturated heterocycles. The van der Waals surface area contributed by atoms with E-state index in [0.29, 0.717) is 25.8 Å². The lowest BCUT2D eigenvalue weighted by Crippen LogP contribution is -2.54. The molecule has 0 aliphatic carbocycles. The zero-order chi connectivity index (χ0) is 18.7. The lowest BCUT2D eigenvalue weighted by Gasteiger charge is -2.21. The molecule has 0 radical (unpaired) electrons. The number of hydrogen-bond acceptors (Lipinski definition) is 6. The third kappa shape index (κ3) is 9.06. The van der Waals surface area contributed by atoms with Crippen LogP contribution in [0, 0.1) is 0 Å². The fourth-order valence-electron chi connectivity index (χ4n) is 1.84. The van der Waals surface area contributed by atoms with Gasteiger partial charge in [0.15, 0.2) is 0 Å². The van der Waals surface area contributed by atoms with E-state index in [9.17, 15) is 19.2 Å². The highest BCUT2D eigenvalue weighted by molar-refractivity contribution is 5.91. The monoisotopic (exact) mass is 345 g/mol. The topological polar surface area (TPSA) is 191 Å². The van der Waals surface area contributed by atoms with Crippen molar-refractivity contribution in [1.29, 1.82) is 0 Å². The average molecular weight is 345 g/mol. The van der Waals surface area contributed by atoms with Crippen LogP contribution in [0.2, 0.25) is 0 Å². The number of carboxylic acid groups (broad SMARTS) is 1. The fourth-order valence-corrected chi connectivity index (χ4v) is 1.84. The number of rotatable bonds is 12. The molecule has 9 N–H and O–H groups in total. The smallest absolute Gasteiger partial charge is 0.325 e. The first-order chi connectivity index (χ1) is 11.2. The maximum atomic E-state index is 12.1. The van der Waals surface area contributed by atoms with Crippen molar-refractivity contribution < 1.29 is 24.3 Å². The molecule has 0 aromatic rings. The summed E-state index contributed by atoms with van der Waals surface area (Å²) < 4.78 is 0. The number of carbonyl (C=O) groups excluding carboxylic acids is 3. The van der Waals surface area contributed by atoms with Crippen molar-refractivity contribution in [2.45, 2.75) is 57.2 Å². The molecule has 0 saturated carbocycles. The van der Waals surface area contributed by atoms with Gasteiger partial charge in [0.1, 0.15) is 12.1 Å². The fraction of sp³-hybridized carbons (Fsp3) is 0.714. The van der Waals surface area contributed by atoms with Gasteiger partial charge in [-0.1, -0.05) is 0 Å². The second-order valence-electron chi connectivity index (χ2n) is 5.53. The summed E-state index contributed by atoms with van der Waals surface area (Å²) in [5, 5.41) is 13.6. The van der Waals surface area contributed by atoms with Gasteiger partial charge in [0.05, 0.1) is 6.04 Å². The van der Waals surface area contributed by atoms with Gasteiger partial charge < -0.3 is 32.9 Å². The quantitative estimate of drug-likeness (QED) is 0.216. The number of carboxylic acids is 1. The van der Waals surface area contributed by atoms with Gasteiger partial charge in [-0.05, 0) is 39.2 Å². The van der Waals surface area contributed by atoms with Crippen LogP contribution in [0.4, 0.5) is 0 Å². The standard InChI is InChI=1S/C14H27N5O5/c1-8(14(23)24)18-13(22)10(4-2-3-7-15)19-12(21)9(16)5-6-11(17)20/h8-10H,2-7,15-16H2,1H3,(H2,17,20)(H,18,22)(H,19,21)(H,23,24). The van der Waals surface area contributed by atoms with Gasteiger partial charge in [-0.25, -0.2) is 0 Å². The number of nitrogens with one attached hydrogen (secondary N) is 2. The van der Waals surface area contributed by atoms with Crippen molar-refractivity contribution >= 4 is 23.7 Å². The molecular formula is C14H27N5O5. The third-order valence-electron chi connectivity index (χ3n) is 3.35. The van der Waals surface area contributed by atoms with Crippen molar-refractivity contribution in [3.05, 3.63) is 0 Å². The molecule has 0 aliphatic rings. The normalized spacial score (nSPS) is 14.3. The highest BCUT2D eigenvalue weighted by Gasteiger charge is 2.25. The van der Waals surface area contributed by atoms with E-state index in [2.05, 4.69) is 10.6 Å². The first-order valence-electron chi connectivity index (χ1n) is 7.76. The molecule has 10 nitrogen and oxygen atoms in total. The van der Waals surface area contributed by atoms with Crippen LogP contribution in [-0.4, -0.2) is 53.5 Å². The van der Waals surface area contributed by atoms with Crippen LogP contribution < -0.4 is 27.8 Å². The highest BCUT2D eigenvalue weighted by Crippen LogP contribution is 2.03. The highest BCUT2D eigenvalue weighted by atomic mass is 16.4. The van der Waals surface area contributed by atoms with Crippen molar-refractivity contribution in [1.82, 2.24) is 10.6 Å². The Kier molecular flexibility index (Phi) is 10.3. The molecule has 0 spiro atoms. The average Bonchev–Trinajstić information content (AvgIpc) is 2.51. The summed E-state index contributed by atoms with van der Waals surface area (Å²) in [6.07, 6.45) is 1.54. The molecule has 3 atom stereocenters. The third-order valence-corrected chi connectivity index (χ3v) is 3.35. The van der Waals surface area contributed by atoms with Gasteiger partial charge in [-0.15, -0.1) is 0 Å². The van der Waals surface area contributed by atoms with Gasteiger partial charge in [-0.3, -0.25) is 19.2 Å². The summed E-state index contributed by atoms with van der Waals surface area (Å²) in [7, 11) is 0. The summed E-state index contributed by atoms with van der Waals surface area (Å²) in [5.74, 6) is -2.98. The molecule has 0 heterocycles. The van der Waals surface area contributed by atoms with Crippen LogP contribution in [0.3, 0.4) is 0 Å². The van der Waals surface area contributed by atoms with E-state index in [1.54, 1.807) is 0 Å². The van der Waals surface area contributed by atoms with E-state index < -0.39 is 41.8 Å². The Bertz CT molecular complexity index is 457. The zero-order valence-corrected chi connectivity index (χ0v) is 13.8. The second kappa shape index (κ2) is 11.4. The van der Waals surface area contributed by atoms with E-state index in [0.717, 1.165) is 0 Å². The first-order valence-corrected chi connectivity index (χ1v) is 7.76. The van der Waals surface area contributed by atoms with Crippen LogP contribution in [0.1, 0.15) is 39.0 Å². The second-order valence-corrected chi connectivity index (χ2v) is 5.53. The molecule has 10 heteroatoms.